The molecule has 0 atom stereocenters. The maximum Gasteiger partial charge on any atom is 0.130 e. The largest absolute Gasteiger partial charge is 0.388 e. The number of likely N-dealkylation sites (N-methyl/N-ethyl adjacent to an activating group) is 1. The number of hydrogen-bond acceptors (Lipinski definition) is 4. The molecule has 21 heavy (non-hydrogen) atoms. The van der Waals surface area contributed by atoms with Gasteiger partial charge in [-0.25, -0.2) is 0 Å². The van der Waals surface area contributed by atoms with Gasteiger partial charge in [-0.2, -0.15) is 0 Å². The van der Waals surface area contributed by atoms with E-state index in [2.05, 4.69) is 34.2 Å². The standard InChI is InChI=1S/C17H27N3O/c1-13(21)6-7-15-8-9-16(18-3)12-17(15)14(2)19-10-11-20(4)5/h8-9,12,18-19H,2,6-7,10-11H2,1,3-5H3. The summed E-state index contributed by atoms with van der Waals surface area (Å²) in [7, 11) is 5.99. The minimum Gasteiger partial charge on any atom is -0.388 e. The van der Waals surface area contributed by atoms with Gasteiger partial charge in [0.05, 0.1) is 0 Å². The summed E-state index contributed by atoms with van der Waals surface area (Å²) in [4.78, 5) is 13.3. The maximum absolute atomic E-state index is 11.2. The van der Waals surface area contributed by atoms with Crippen molar-refractivity contribution in [2.45, 2.75) is 19.8 Å². The van der Waals surface area contributed by atoms with Crippen LogP contribution >= 0.6 is 0 Å². The van der Waals surface area contributed by atoms with Gasteiger partial charge in [0.25, 0.3) is 0 Å². The summed E-state index contributed by atoms with van der Waals surface area (Å²) in [6.07, 6.45) is 1.32. The first-order valence-electron chi connectivity index (χ1n) is 7.32. The Morgan fingerprint density at radius 2 is 2.05 bits per heavy atom. The number of Topliss-reactive ketones (excluding diaryl/α,β-unsaturated/α-hetero) is 1. The first-order chi connectivity index (χ1) is 9.93. The molecule has 1 rings (SSSR count). The molecule has 0 spiro atoms. The Bertz CT molecular complexity index is 495. The Kier molecular flexibility index (Phi) is 6.96. The summed E-state index contributed by atoms with van der Waals surface area (Å²) in [5.74, 6) is 0.213. The second-order valence-electron chi connectivity index (χ2n) is 5.53. The molecule has 4 nitrogen and oxygen atoms in total. The highest BCUT2D eigenvalue weighted by molar-refractivity contribution is 5.76. The van der Waals surface area contributed by atoms with E-state index in [1.165, 1.54) is 0 Å². The molecule has 0 fully saturated rings. The number of hydrogen-bond donors (Lipinski definition) is 2. The van der Waals surface area contributed by atoms with Crippen LogP contribution in [0.2, 0.25) is 0 Å². The van der Waals surface area contributed by atoms with Crippen molar-refractivity contribution >= 4 is 17.2 Å². The minimum absolute atomic E-state index is 0.213. The Labute approximate surface area is 128 Å². The summed E-state index contributed by atoms with van der Waals surface area (Å²) in [5, 5.41) is 6.51. The fourth-order valence-electron chi connectivity index (χ4n) is 2.07. The highest BCUT2D eigenvalue weighted by Crippen LogP contribution is 2.22. The Hall–Kier alpha value is -1.81. The number of nitrogens with one attached hydrogen (secondary N) is 2. The molecule has 0 unspecified atom stereocenters. The number of carbonyl (C=O) groups excluding carboxylic acids is 1. The molecule has 0 radical (unpaired) electrons. The molecule has 0 bridgehead atoms. The van der Waals surface area contributed by atoms with Gasteiger partial charge in [-0.1, -0.05) is 12.6 Å². The number of rotatable bonds is 9. The van der Waals surface area contributed by atoms with Gasteiger partial charge < -0.3 is 20.3 Å². The van der Waals surface area contributed by atoms with Gasteiger partial charge in [-0.15, -0.1) is 0 Å². The molecule has 1 aromatic carbocycles. The van der Waals surface area contributed by atoms with E-state index < -0.39 is 0 Å². The van der Waals surface area contributed by atoms with Gasteiger partial charge in [-0.05, 0) is 45.1 Å². The van der Waals surface area contributed by atoms with Crippen LogP contribution in [0.4, 0.5) is 5.69 Å². The quantitative estimate of drug-likeness (QED) is 0.732. The lowest BCUT2D eigenvalue weighted by atomic mass is 9.99. The average Bonchev–Trinajstić information content (AvgIpc) is 2.44. The van der Waals surface area contributed by atoms with Crippen LogP contribution in [0.3, 0.4) is 0 Å². The molecule has 2 N–H and O–H groups in total. The number of ketones is 1. The lowest BCUT2D eigenvalue weighted by molar-refractivity contribution is -0.116. The minimum atomic E-state index is 0.213. The second-order valence-corrected chi connectivity index (χ2v) is 5.53. The number of nitrogens with zero attached hydrogens (tertiary/aromatic N) is 1. The summed E-state index contributed by atoms with van der Waals surface area (Å²) in [5.41, 5.74) is 4.20. The normalized spacial score (nSPS) is 10.5. The molecule has 0 amide bonds. The number of carbonyl (C=O) groups is 1. The highest BCUT2D eigenvalue weighted by Gasteiger charge is 2.08. The van der Waals surface area contributed by atoms with E-state index in [0.717, 1.165) is 42.0 Å². The third-order valence-corrected chi connectivity index (χ3v) is 3.37. The molecule has 0 saturated heterocycles. The zero-order valence-electron chi connectivity index (χ0n) is 13.6. The van der Waals surface area contributed by atoms with E-state index in [0.29, 0.717) is 6.42 Å². The fourth-order valence-corrected chi connectivity index (χ4v) is 2.07. The summed E-state index contributed by atoms with van der Waals surface area (Å²) in [6, 6.07) is 6.19. The van der Waals surface area contributed by atoms with Crippen LogP contribution in [-0.4, -0.2) is 44.9 Å². The number of benzene rings is 1. The highest BCUT2D eigenvalue weighted by atomic mass is 16.1. The maximum atomic E-state index is 11.2. The average molecular weight is 289 g/mol. The first kappa shape index (κ1) is 17.2. The fraction of sp³-hybridized carbons (Fsp3) is 0.471. The molecule has 0 aliphatic heterocycles. The van der Waals surface area contributed by atoms with Gasteiger partial charge in [0, 0.05) is 43.5 Å². The molecular formula is C17H27N3O. The lowest BCUT2D eigenvalue weighted by Gasteiger charge is -2.17. The predicted molar refractivity (Wildman–Crippen MR) is 90.6 cm³/mol. The van der Waals surface area contributed by atoms with Crippen molar-refractivity contribution < 1.29 is 4.79 Å². The molecule has 4 heteroatoms. The van der Waals surface area contributed by atoms with Gasteiger partial charge in [-0.3, -0.25) is 0 Å². The van der Waals surface area contributed by atoms with E-state index >= 15 is 0 Å². The van der Waals surface area contributed by atoms with Crippen molar-refractivity contribution in [3.8, 4) is 0 Å². The predicted octanol–water partition coefficient (Wildman–Crippen LogP) is 2.37. The molecule has 0 aliphatic carbocycles. The molecule has 116 valence electrons. The summed E-state index contributed by atoms with van der Waals surface area (Å²) < 4.78 is 0. The zero-order chi connectivity index (χ0) is 15.8. The van der Waals surface area contributed by atoms with E-state index in [1.54, 1.807) is 6.92 Å². The van der Waals surface area contributed by atoms with Crippen molar-refractivity contribution in [1.29, 1.82) is 0 Å². The van der Waals surface area contributed by atoms with Crippen LogP contribution in [0.5, 0.6) is 0 Å². The summed E-state index contributed by atoms with van der Waals surface area (Å²) >= 11 is 0. The topological polar surface area (TPSA) is 44.4 Å². The van der Waals surface area contributed by atoms with E-state index in [9.17, 15) is 4.79 Å². The molecule has 0 saturated carbocycles. The van der Waals surface area contributed by atoms with Crippen molar-refractivity contribution in [2.24, 2.45) is 0 Å². The van der Waals surface area contributed by atoms with Gasteiger partial charge in [0.1, 0.15) is 5.78 Å². The van der Waals surface area contributed by atoms with E-state index in [1.807, 2.05) is 27.2 Å². The monoisotopic (exact) mass is 289 g/mol. The zero-order valence-corrected chi connectivity index (χ0v) is 13.6. The smallest absolute Gasteiger partial charge is 0.130 e. The van der Waals surface area contributed by atoms with E-state index in [-0.39, 0.29) is 5.78 Å². The Morgan fingerprint density at radius 3 is 2.62 bits per heavy atom. The SMILES string of the molecule is C=C(NCCN(C)C)c1cc(NC)ccc1CCC(C)=O. The van der Waals surface area contributed by atoms with Crippen LogP contribution in [0, 0.1) is 0 Å². The summed E-state index contributed by atoms with van der Waals surface area (Å²) in [6.45, 7) is 7.57. The molecular weight excluding hydrogens is 262 g/mol. The number of anilines is 1. The lowest BCUT2D eigenvalue weighted by Crippen LogP contribution is -2.25. The van der Waals surface area contributed by atoms with Crippen LogP contribution in [0.1, 0.15) is 24.5 Å². The van der Waals surface area contributed by atoms with Crippen LogP contribution in [-0.2, 0) is 11.2 Å². The Balaban J connectivity index is 2.84. The molecule has 1 aromatic rings. The first-order valence-corrected chi connectivity index (χ1v) is 7.32. The third-order valence-electron chi connectivity index (χ3n) is 3.37. The van der Waals surface area contributed by atoms with Crippen molar-refractivity contribution in [2.75, 3.05) is 39.5 Å². The van der Waals surface area contributed by atoms with Gasteiger partial charge in [0.15, 0.2) is 0 Å². The van der Waals surface area contributed by atoms with Crippen molar-refractivity contribution in [1.82, 2.24) is 10.2 Å². The Morgan fingerprint density at radius 1 is 1.33 bits per heavy atom. The molecule has 0 aliphatic rings. The molecule has 0 heterocycles. The van der Waals surface area contributed by atoms with Crippen LogP contribution in [0.15, 0.2) is 24.8 Å². The number of aryl methyl sites for hydroxylation is 1. The van der Waals surface area contributed by atoms with Crippen molar-refractivity contribution in [3.05, 3.63) is 35.9 Å². The van der Waals surface area contributed by atoms with Crippen molar-refractivity contribution in [3.63, 3.8) is 0 Å². The third kappa shape index (κ3) is 6.00. The second kappa shape index (κ2) is 8.47. The van der Waals surface area contributed by atoms with Gasteiger partial charge in [0.2, 0.25) is 0 Å². The van der Waals surface area contributed by atoms with Gasteiger partial charge >= 0.3 is 0 Å². The van der Waals surface area contributed by atoms with E-state index in [4.69, 9.17) is 0 Å². The van der Waals surface area contributed by atoms with Crippen LogP contribution < -0.4 is 10.6 Å². The molecule has 0 aromatic heterocycles. The van der Waals surface area contributed by atoms with Crippen LogP contribution in [0.25, 0.3) is 5.70 Å².